The second-order valence-corrected chi connectivity index (χ2v) is 8.77. The van der Waals surface area contributed by atoms with Gasteiger partial charge in [0.15, 0.2) is 0 Å². The summed E-state index contributed by atoms with van der Waals surface area (Å²) in [5.74, 6) is 2.22. The van der Waals surface area contributed by atoms with Crippen LogP contribution in [0.4, 0.5) is 5.69 Å². The van der Waals surface area contributed by atoms with Crippen LogP contribution in [0, 0.1) is 29.6 Å². The van der Waals surface area contributed by atoms with Crippen LogP contribution in [-0.4, -0.2) is 10.2 Å². The second-order valence-electron chi connectivity index (χ2n) is 6.89. The Morgan fingerprint density at radius 1 is 1.00 bits per heavy atom. The zero-order valence-corrected chi connectivity index (χ0v) is 14.3. The van der Waals surface area contributed by atoms with E-state index in [9.17, 15) is 4.79 Å². The van der Waals surface area contributed by atoms with Crippen LogP contribution in [-0.2, 0) is 4.79 Å². The molecule has 1 aromatic rings. The van der Waals surface area contributed by atoms with Gasteiger partial charge < -0.3 is 5.32 Å². The summed E-state index contributed by atoms with van der Waals surface area (Å²) in [6.07, 6.45) is 4.27. The van der Waals surface area contributed by atoms with E-state index in [1.807, 2.05) is 12.1 Å². The van der Waals surface area contributed by atoms with Gasteiger partial charge in [0.1, 0.15) is 4.33 Å². The fourth-order valence-corrected chi connectivity index (χ4v) is 5.42. The van der Waals surface area contributed by atoms with E-state index >= 15 is 0 Å². The van der Waals surface area contributed by atoms with Crippen LogP contribution >= 0.6 is 34.8 Å². The SMILES string of the molecule is O=C(Nc1ccc(Cl)cc1)C1[C@H]2CC[C@@H]3[C@@H](CC[C@@H]12)C3(Cl)Cl. The van der Waals surface area contributed by atoms with Crippen LogP contribution in [0.5, 0.6) is 0 Å². The summed E-state index contributed by atoms with van der Waals surface area (Å²) >= 11 is 18.5. The van der Waals surface area contributed by atoms with Crippen molar-refractivity contribution in [2.75, 3.05) is 5.32 Å². The standard InChI is InChI=1S/C17H18Cl3NO/c18-9-1-3-10(4-2-9)21-16(22)15-11-5-7-13-14(17(13,19)20)8-6-12(11)15/h1-4,11-15H,5-8H2,(H,21,22)/t11-,12+,13-,14-,15?/m1/s1. The third-order valence-corrected chi connectivity index (χ3v) is 7.11. The van der Waals surface area contributed by atoms with Gasteiger partial charge in [0.2, 0.25) is 5.91 Å². The first-order valence-corrected chi connectivity index (χ1v) is 9.06. The number of alkyl halides is 2. The number of nitrogens with one attached hydrogen (secondary N) is 1. The summed E-state index contributed by atoms with van der Waals surface area (Å²) < 4.78 is -0.488. The normalized spacial score (nSPS) is 38.0. The van der Waals surface area contributed by atoms with Crippen molar-refractivity contribution < 1.29 is 4.79 Å². The highest BCUT2D eigenvalue weighted by molar-refractivity contribution is 6.51. The summed E-state index contributed by atoms with van der Waals surface area (Å²) in [5, 5.41) is 3.69. The van der Waals surface area contributed by atoms with E-state index in [-0.39, 0.29) is 11.8 Å². The maximum atomic E-state index is 12.5. The van der Waals surface area contributed by atoms with Gasteiger partial charge in [-0.25, -0.2) is 0 Å². The second kappa shape index (κ2) is 5.29. The van der Waals surface area contributed by atoms with Crippen LogP contribution in [0.1, 0.15) is 25.7 Å². The highest BCUT2D eigenvalue weighted by Gasteiger charge is 2.65. The lowest BCUT2D eigenvalue weighted by Gasteiger charge is -2.05. The van der Waals surface area contributed by atoms with Gasteiger partial charge in [-0.2, -0.15) is 0 Å². The summed E-state index contributed by atoms with van der Waals surface area (Å²) in [7, 11) is 0. The summed E-state index contributed by atoms with van der Waals surface area (Å²) in [6.45, 7) is 0. The Kier molecular flexibility index (Phi) is 3.63. The Labute approximate surface area is 145 Å². The lowest BCUT2D eigenvalue weighted by molar-refractivity contribution is -0.117. The molecule has 1 aromatic carbocycles. The van der Waals surface area contributed by atoms with E-state index in [2.05, 4.69) is 5.32 Å². The van der Waals surface area contributed by atoms with Gasteiger partial charge in [-0.3, -0.25) is 4.79 Å². The average Bonchev–Trinajstić information content (AvgIpc) is 3.26. The molecule has 0 aliphatic heterocycles. The van der Waals surface area contributed by atoms with Gasteiger partial charge in [-0.05, 0) is 73.6 Å². The molecule has 0 bridgehead atoms. The zero-order chi connectivity index (χ0) is 15.5. The topological polar surface area (TPSA) is 29.1 Å². The van der Waals surface area contributed by atoms with Crippen molar-refractivity contribution in [3.63, 3.8) is 0 Å². The molecule has 3 aliphatic rings. The zero-order valence-electron chi connectivity index (χ0n) is 12.1. The number of fused-ring (bicyclic) bond motifs is 2. The molecule has 0 saturated heterocycles. The molecule has 118 valence electrons. The molecule has 1 amide bonds. The van der Waals surface area contributed by atoms with Crippen molar-refractivity contribution >= 4 is 46.4 Å². The van der Waals surface area contributed by atoms with Crippen LogP contribution in [0.15, 0.2) is 24.3 Å². The molecule has 0 radical (unpaired) electrons. The van der Waals surface area contributed by atoms with Crippen LogP contribution in [0.25, 0.3) is 0 Å². The van der Waals surface area contributed by atoms with Gasteiger partial charge in [0.05, 0.1) is 0 Å². The molecule has 0 spiro atoms. The lowest BCUT2D eigenvalue weighted by atomic mass is 10.0. The number of hydrogen-bond donors (Lipinski definition) is 1. The lowest BCUT2D eigenvalue weighted by Crippen LogP contribution is -2.15. The van der Waals surface area contributed by atoms with E-state index in [0.717, 1.165) is 31.4 Å². The molecule has 1 N–H and O–H groups in total. The fraction of sp³-hybridized carbons (Fsp3) is 0.588. The van der Waals surface area contributed by atoms with Gasteiger partial charge in [0.25, 0.3) is 0 Å². The van der Waals surface area contributed by atoms with Crippen molar-refractivity contribution in [1.29, 1.82) is 0 Å². The van der Waals surface area contributed by atoms with Gasteiger partial charge >= 0.3 is 0 Å². The van der Waals surface area contributed by atoms with Crippen molar-refractivity contribution in [3.8, 4) is 0 Å². The number of carbonyl (C=O) groups excluding carboxylic acids is 1. The Balaban J connectivity index is 1.37. The minimum absolute atomic E-state index is 0.149. The molecule has 5 heteroatoms. The van der Waals surface area contributed by atoms with Gasteiger partial charge in [-0.1, -0.05) is 11.6 Å². The molecular formula is C17H18Cl3NO. The Hall–Kier alpha value is -0.440. The molecule has 4 rings (SSSR count). The molecule has 1 unspecified atom stereocenters. The third kappa shape index (κ3) is 2.53. The van der Waals surface area contributed by atoms with Crippen LogP contribution in [0.2, 0.25) is 5.02 Å². The number of halogens is 3. The molecule has 0 aromatic heterocycles. The molecule has 5 atom stereocenters. The molecular weight excluding hydrogens is 341 g/mol. The fourth-order valence-electron chi connectivity index (χ4n) is 4.37. The molecule has 0 heterocycles. The van der Waals surface area contributed by atoms with Crippen LogP contribution < -0.4 is 5.32 Å². The van der Waals surface area contributed by atoms with Gasteiger partial charge in [0, 0.05) is 16.6 Å². The third-order valence-electron chi connectivity index (χ3n) is 5.73. The number of anilines is 1. The average molecular weight is 359 g/mol. The minimum Gasteiger partial charge on any atom is -0.326 e. The number of amides is 1. The van der Waals surface area contributed by atoms with Crippen molar-refractivity contribution in [3.05, 3.63) is 29.3 Å². The number of rotatable bonds is 2. The Morgan fingerprint density at radius 2 is 1.55 bits per heavy atom. The quantitative estimate of drug-likeness (QED) is 0.729. The van der Waals surface area contributed by atoms with E-state index < -0.39 is 4.33 Å². The van der Waals surface area contributed by atoms with E-state index in [4.69, 9.17) is 34.8 Å². The molecule has 3 aliphatic carbocycles. The smallest absolute Gasteiger partial charge is 0.228 e. The minimum atomic E-state index is -0.488. The van der Waals surface area contributed by atoms with E-state index in [1.165, 1.54) is 0 Å². The number of carbonyl (C=O) groups is 1. The predicted octanol–water partition coefficient (Wildman–Crippen LogP) is 5.13. The van der Waals surface area contributed by atoms with Crippen molar-refractivity contribution in [2.24, 2.45) is 29.6 Å². The summed E-state index contributed by atoms with van der Waals surface area (Å²) in [4.78, 5) is 12.5. The van der Waals surface area contributed by atoms with E-state index in [1.54, 1.807) is 12.1 Å². The monoisotopic (exact) mass is 357 g/mol. The first-order valence-electron chi connectivity index (χ1n) is 7.92. The van der Waals surface area contributed by atoms with Crippen molar-refractivity contribution in [1.82, 2.24) is 0 Å². The first-order chi connectivity index (χ1) is 10.5. The maximum Gasteiger partial charge on any atom is 0.228 e. The molecule has 2 nitrogen and oxygen atoms in total. The number of benzene rings is 1. The summed E-state index contributed by atoms with van der Waals surface area (Å²) in [6, 6.07) is 7.27. The maximum absolute atomic E-state index is 12.5. The Morgan fingerprint density at radius 3 is 2.09 bits per heavy atom. The summed E-state index contributed by atoms with van der Waals surface area (Å²) in [5.41, 5.74) is 0.817. The van der Waals surface area contributed by atoms with E-state index in [0.29, 0.717) is 28.7 Å². The largest absolute Gasteiger partial charge is 0.326 e. The highest BCUT2D eigenvalue weighted by atomic mass is 35.5. The number of hydrogen-bond acceptors (Lipinski definition) is 1. The van der Waals surface area contributed by atoms with Crippen LogP contribution in [0.3, 0.4) is 0 Å². The first kappa shape index (κ1) is 15.1. The predicted molar refractivity (Wildman–Crippen MR) is 90.4 cm³/mol. The molecule has 3 fully saturated rings. The highest BCUT2D eigenvalue weighted by Crippen LogP contribution is 2.67. The van der Waals surface area contributed by atoms with Gasteiger partial charge in [-0.15, -0.1) is 23.2 Å². The molecule has 3 saturated carbocycles. The van der Waals surface area contributed by atoms with Crippen molar-refractivity contribution in [2.45, 2.75) is 30.0 Å². The molecule has 22 heavy (non-hydrogen) atoms. The Bertz CT molecular complexity index is 578.